The lowest BCUT2D eigenvalue weighted by atomic mass is 9.97. The van der Waals surface area contributed by atoms with E-state index in [0.717, 1.165) is 64.4 Å². The molecule has 1 aromatic heterocycles. The van der Waals surface area contributed by atoms with E-state index in [-0.39, 0.29) is 0 Å². The molecule has 1 aromatic rings. The number of nitrogens with zero attached hydrogens (tertiary/aromatic N) is 3. The zero-order valence-electron chi connectivity index (χ0n) is 11.7. The minimum absolute atomic E-state index is 0.656. The van der Waals surface area contributed by atoms with E-state index in [2.05, 4.69) is 22.0 Å². The number of hydrogen-bond acceptors (Lipinski definition) is 6. The molecule has 0 amide bonds. The molecule has 2 heterocycles. The van der Waals surface area contributed by atoms with E-state index in [4.69, 9.17) is 15.0 Å². The van der Waals surface area contributed by atoms with Gasteiger partial charge in [0.15, 0.2) is 0 Å². The Labute approximate surface area is 114 Å². The molecule has 6 nitrogen and oxygen atoms in total. The molecule has 0 saturated carbocycles. The molecule has 1 fully saturated rings. The van der Waals surface area contributed by atoms with Crippen LogP contribution in [0.1, 0.15) is 32.1 Å². The maximum Gasteiger partial charge on any atom is 0.266 e. The van der Waals surface area contributed by atoms with Gasteiger partial charge in [-0.05, 0) is 30.5 Å². The van der Waals surface area contributed by atoms with Crippen molar-refractivity contribution in [1.82, 2.24) is 10.1 Å². The summed E-state index contributed by atoms with van der Waals surface area (Å²) in [6.07, 6.45) is 4.14. The fraction of sp³-hybridized carbons (Fsp3) is 0.846. The van der Waals surface area contributed by atoms with Gasteiger partial charge in [0.05, 0.1) is 13.2 Å². The highest BCUT2D eigenvalue weighted by molar-refractivity contribution is 5.27. The van der Waals surface area contributed by atoms with Crippen LogP contribution in [-0.4, -0.2) is 43.0 Å². The van der Waals surface area contributed by atoms with Gasteiger partial charge in [-0.2, -0.15) is 4.98 Å². The summed E-state index contributed by atoms with van der Waals surface area (Å²) in [5.41, 5.74) is 5.61. The number of nitrogens with two attached hydrogens (primary N) is 1. The fourth-order valence-electron chi connectivity index (χ4n) is 2.36. The summed E-state index contributed by atoms with van der Waals surface area (Å²) in [5, 5.41) is 4.05. The minimum Gasteiger partial charge on any atom is -0.378 e. The summed E-state index contributed by atoms with van der Waals surface area (Å²) in [6.45, 7) is 6.10. The first kappa shape index (κ1) is 14.3. The zero-order valence-corrected chi connectivity index (χ0v) is 11.7. The van der Waals surface area contributed by atoms with Gasteiger partial charge in [0, 0.05) is 19.5 Å². The molecule has 1 aliphatic heterocycles. The molecule has 1 aliphatic rings. The van der Waals surface area contributed by atoms with Gasteiger partial charge in [-0.15, -0.1) is 0 Å². The number of aryl methyl sites for hydroxylation is 1. The topological polar surface area (TPSA) is 77.4 Å². The van der Waals surface area contributed by atoms with Gasteiger partial charge in [0.1, 0.15) is 0 Å². The number of ether oxygens (including phenoxy) is 1. The average molecular weight is 268 g/mol. The van der Waals surface area contributed by atoms with Crippen molar-refractivity contribution in [3.63, 3.8) is 0 Å². The van der Waals surface area contributed by atoms with Gasteiger partial charge >= 0.3 is 0 Å². The summed E-state index contributed by atoms with van der Waals surface area (Å²) in [4.78, 5) is 6.57. The summed E-state index contributed by atoms with van der Waals surface area (Å²) in [5.74, 6) is 2.09. The van der Waals surface area contributed by atoms with E-state index in [9.17, 15) is 0 Å². The Morgan fingerprint density at radius 2 is 2.11 bits per heavy atom. The summed E-state index contributed by atoms with van der Waals surface area (Å²) in [6, 6.07) is 0. The van der Waals surface area contributed by atoms with Crippen LogP contribution in [0.4, 0.5) is 5.95 Å². The highest BCUT2D eigenvalue weighted by atomic mass is 16.5. The molecule has 0 bridgehead atoms. The Morgan fingerprint density at radius 3 is 2.79 bits per heavy atom. The molecule has 6 heteroatoms. The smallest absolute Gasteiger partial charge is 0.266 e. The van der Waals surface area contributed by atoms with E-state index >= 15 is 0 Å². The second kappa shape index (κ2) is 7.45. The van der Waals surface area contributed by atoms with Gasteiger partial charge in [0.2, 0.25) is 5.89 Å². The molecule has 1 saturated heterocycles. The first-order chi connectivity index (χ1) is 9.33. The number of morpholine rings is 1. The normalized spacial score (nSPS) is 17.7. The van der Waals surface area contributed by atoms with Gasteiger partial charge in [0.25, 0.3) is 5.95 Å². The Balaban J connectivity index is 1.82. The molecule has 108 valence electrons. The Bertz CT molecular complexity index is 363. The summed E-state index contributed by atoms with van der Waals surface area (Å²) in [7, 11) is 0. The quantitative estimate of drug-likeness (QED) is 0.801. The van der Waals surface area contributed by atoms with E-state index in [1.807, 2.05) is 0 Å². The maximum atomic E-state index is 5.61. The van der Waals surface area contributed by atoms with Crippen molar-refractivity contribution in [2.75, 3.05) is 37.7 Å². The zero-order chi connectivity index (χ0) is 13.5. The second-order valence-electron chi connectivity index (χ2n) is 4.98. The number of hydrogen-bond donors (Lipinski definition) is 1. The SMILES string of the molecule is CCC(CCN)CCc1nc(N2CCOCC2)no1. The van der Waals surface area contributed by atoms with Crippen molar-refractivity contribution in [1.29, 1.82) is 0 Å². The maximum absolute atomic E-state index is 5.61. The Morgan fingerprint density at radius 1 is 1.32 bits per heavy atom. The summed E-state index contributed by atoms with van der Waals surface area (Å²) >= 11 is 0. The minimum atomic E-state index is 0.656. The molecule has 2 rings (SSSR count). The van der Waals surface area contributed by atoms with Crippen LogP contribution in [0.2, 0.25) is 0 Å². The summed E-state index contributed by atoms with van der Waals surface area (Å²) < 4.78 is 10.6. The molecule has 0 aromatic carbocycles. The number of rotatable bonds is 7. The van der Waals surface area contributed by atoms with Gasteiger partial charge < -0.3 is 19.9 Å². The van der Waals surface area contributed by atoms with Crippen LogP contribution in [-0.2, 0) is 11.2 Å². The number of aromatic nitrogens is 2. The van der Waals surface area contributed by atoms with Gasteiger partial charge in [-0.1, -0.05) is 13.3 Å². The monoisotopic (exact) mass is 268 g/mol. The van der Waals surface area contributed by atoms with Crippen LogP contribution in [0.15, 0.2) is 4.52 Å². The molecular formula is C13H24N4O2. The van der Waals surface area contributed by atoms with Crippen LogP contribution >= 0.6 is 0 Å². The van der Waals surface area contributed by atoms with Crippen molar-refractivity contribution in [3.8, 4) is 0 Å². The third-order valence-corrected chi connectivity index (χ3v) is 3.67. The molecule has 0 spiro atoms. The van der Waals surface area contributed by atoms with Crippen molar-refractivity contribution < 1.29 is 9.26 Å². The lowest BCUT2D eigenvalue weighted by Crippen LogP contribution is -2.36. The molecule has 0 radical (unpaired) electrons. The fourth-order valence-corrected chi connectivity index (χ4v) is 2.36. The van der Waals surface area contributed by atoms with E-state index in [1.54, 1.807) is 0 Å². The van der Waals surface area contributed by atoms with Crippen molar-refractivity contribution >= 4 is 5.95 Å². The predicted molar refractivity (Wildman–Crippen MR) is 73.1 cm³/mol. The highest BCUT2D eigenvalue weighted by Crippen LogP contribution is 2.17. The number of anilines is 1. The molecular weight excluding hydrogens is 244 g/mol. The van der Waals surface area contributed by atoms with Crippen LogP contribution < -0.4 is 10.6 Å². The van der Waals surface area contributed by atoms with E-state index in [0.29, 0.717) is 11.9 Å². The standard InChI is InChI=1S/C13H24N4O2/c1-2-11(5-6-14)3-4-12-15-13(16-19-12)17-7-9-18-10-8-17/h11H,2-10,14H2,1H3. The first-order valence-electron chi connectivity index (χ1n) is 7.18. The third kappa shape index (κ3) is 4.18. The first-order valence-corrected chi connectivity index (χ1v) is 7.18. The molecule has 2 N–H and O–H groups in total. The largest absolute Gasteiger partial charge is 0.378 e. The van der Waals surface area contributed by atoms with Crippen LogP contribution in [0.5, 0.6) is 0 Å². The van der Waals surface area contributed by atoms with Crippen LogP contribution in [0, 0.1) is 5.92 Å². The van der Waals surface area contributed by atoms with Crippen LogP contribution in [0.25, 0.3) is 0 Å². The Kier molecular flexibility index (Phi) is 5.60. The van der Waals surface area contributed by atoms with Crippen molar-refractivity contribution in [2.45, 2.75) is 32.6 Å². The van der Waals surface area contributed by atoms with E-state index in [1.165, 1.54) is 0 Å². The van der Waals surface area contributed by atoms with Gasteiger partial charge in [-0.3, -0.25) is 0 Å². The average Bonchev–Trinajstić information content (AvgIpc) is 2.93. The third-order valence-electron chi connectivity index (χ3n) is 3.67. The lowest BCUT2D eigenvalue weighted by molar-refractivity contribution is 0.121. The molecule has 19 heavy (non-hydrogen) atoms. The predicted octanol–water partition coefficient (Wildman–Crippen LogP) is 1.21. The highest BCUT2D eigenvalue weighted by Gasteiger charge is 2.17. The van der Waals surface area contributed by atoms with E-state index < -0.39 is 0 Å². The van der Waals surface area contributed by atoms with Crippen LogP contribution in [0.3, 0.4) is 0 Å². The van der Waals surface area contributed by atoms with Gasteiger partial charge in [-0.25, -0.2) is 0 Å². The molecule has 1 unspecified atom stereocenters. The van der Waals surface area contributed by atoms with Crippen molar-refractivity contribution in [3.05, 3.63) is 5.89 Å². The lowest BCUT2D eigenvalue weighted by Gasteiger charge is -2.24. The second-order valence-corrected chi connectivity index (χ2v) is 4.98. The van der Waals surface area contributed by atoms with Crippen molar-refractivity contribution in [2.24, 2.45) is 11.7 Å². The molecule has 1 atom stereocenters. The Hall–Kier alpha value is -1.14. The molecule has 0 aliphatic carbocycles.